The molecule has 0 radical (unpaired) electrons. The molecule has 0 N–H and O–H groups in total. The lowest BCUT2D eigenvalue weighted by Crippen LogP contribution is -2.18. The van der Waals surface area contributed by atoms with Crippen LogP contribution in [0.25, 0.3) is 11.0 Å². The number of hydrogen-bond donors (Lipinski definition) is 0. The summed E-state index contributed by atoms with van der Waals surface area (Å²) in [6, 6.07) is 1.81. The lowest BCUT2D eigenvalue weighted by molar-refractivity contribution is -0.141. The van der Waals surface area contributed by atoms with Gasteiger partial charge >= 0.3 is 6.18 Å². The summed E-state index contributed by atoms with van der Waals surface area (Å²) in [5, 5.41) is 3.79. The van der Waals surface area contributed by atoms with Gasteiger partial charge in [-0.25, -0.2) is 0 Å². The van der Waals surface area contributed by atoms with Crippen molar-refractivity contribution < 1.29 is 13.2 Å². The van der Waals surface area contributed by atoms with E-state index in [1.165, 1.54) is 6.20 Å². The van der Waals surface area contributed by atoms with Crippen molar-refractivity contribution in [3.8, 4) is 0 Å². The average molecular weight is 283 g/mol. The van der Waals surface area contributed by atoms with Crippen molar-refractivity contribution in [2.75, 3.05) is 0 Å². The van der Waals surface area contributed by atoms with Gasteiger partial charge in [-0.1, -0.05) is 13.8 Å². The van der Waals surface area contributed by atoms with Crippen LogP contribution in [0.5, 0.6) is 0 Å². The zero-order valence-corrected chi connectivity index (χ0v) is 11.4. The second-order valence-corrected chi connectivity index (χ2v) is 5.84. The molecule has 6 heteroatoms. The van der Waals surface area contributed by atoms with Gasteiger partial charge < -0.3 is 0 Å². The van der Waals surface area contributed by atoms with E-state index in [0.717, 1.165) is 16.7 Å². The number of hydrogen-bond acceptors (Lipinski definition) is 2. The molecule has 2 aromatic heterocycles. The highest BCUT2D eigenvalue weighted by molar-refractivity contribution is 5.74. The van der Waals surface area contributed by atoms with Gasteiger partial charge in [-0.2, -0.15) is 18.3 Å². The third-order valence-electron chi connectivity index (χ3n) is 3.97. The van der Waals surface area contributed by atoms with Crippen LogP contribution in [0.3, 0.4) is 0 Å². The van der Waals surface area contributed by atoms with Crippen LogP contribution in [0.15, 0.2) is 18.5 Å². The van der Waals surface area contributed by atoms with Crippen molar-refractivity contribution in [3.05, 3.63) is 24.0 Å². The molecule has 2 heterocycles. The molecule has 0 aliphatic heterocycles. The van der Waals surface area contributed by atoms with E-state index in [1.807, 2.05) is 6.07 Å². The Kier molecular flexibility index (Phi) is 2.99. The molecule has 0 aromatic carbocycles. The highest BCUT2D eigenvalue weighted by atomic mass is 19.4. The first kappa shape index (κ1) is 13.4. The van der Waals surface area contributed by atoms with E-state index < -0.39 is 12.7 Å². The smallest absolute Gasteiger partial charge is 0.254 e. The van der Waals surface area contributed by atoms with Crippen LogP contribution < -0.4 is 0 Å². The van der Waals surface area contributed by atoms with Crippen LogP contribution >= 0.6 is 0 Å². The SMILES string of the molecule is CC(C)[C@H]1C[C@@H]1c1cnc2cnn(CC(F)(F)F)c2c1. The molecule has 2 aromatic rings. The fraction of sp³-hybridized carbons (Fsp3) is 0.571. The molecule has 0 bridgehead atoms. The standard InChI is InChI=1S/C14H16F3N3/c1-8(2)10-4-11(10)9-3-13-12(18-5-9)6-19-20(13)7-14(15,16)17/h3,5-6,8,10-11H,4,7H2,1-2H3/t10-,11-/m1/s1. The maximum Gasteiger partial charge on any atom is 0.408 e. The largest absolute Gasteiger partial charge is 0.408 e. The number of nitrogens with zero attached hydrogens (tertiary/aromatic N) is 3. The summed E-state index contributed by atoms with van der Waals surface area (Å²) in [7, 11) is 0. The second-order valence-electron chi connectivity index (χ2n) is 5.84. The quantitative estimate of drug-likeness (QED) is 0.858. The Bertz CT molecular complexity index is 630. The topological polar surface area (TPSA) is 30.7 Å². The van der Waals surface area contributed by atoms with Crippen molar-refractivity contribution in [3.63, 3.8) is 0 Å². The van der Waals surface area contributed by atoms with Gasteiger partial charge in [0, 0.05) is 6.20 Å². The van der Waals surface area contributed by atoms with E-state index in [9.17, 15) is 13.2 Å². The van der Waals surface area contributed by atoms with E-state index in [-0.39, 0.29) is 0 Å². The second kappa shape index (κ2) is 4.46. The van der Waals surface area contributed by atoms with Gasteiger partial charge in [0.05, 0.1) is 11.7 Å². The molecule has 2 atom stereocenters. The summed E-state index contributed by atoms with van der Waals surface area (Å²) in [5.41, 5.74) is 2.01. The van der Waals surface area contributed by atoms with Crippen molar-refractivity contribution in [1.29, 1.82) is 0 Å². The molecular formula is C14H16F3N3. The van der Waals surface area contributed by atoms with Gasteiger partial charge in [-0.3, -0.25) is 9.67 Å². The van der Waals surface area contributed by atoms with Gasteiger partial charge in [0.25, 0.3) is 0 Å². The molecule has 1 saturated carbocycles. The predicted molar refractivity (Wildman–Crippen MR) is 69.3 cm³/mol. The molecule has 3 rings (SSSR count). The van der Waals surface area contributed by atoms with Crippen molar-refractivity contribution >= 4 is 11.0 Å². The Hall–Kier alpha value is -1.59. The Morgan fingerprint density at radius 1 is 1.35 bits per heavy atom. The molecule has 0 unspecified atom stereocenters. The Labute approximate surface area is 114 Å². The molecule has 3 nitrogen and oxygen atoms in total. The third-order valence-corrected chi connectivity index (χ3v) is 3.97. The Morgan fingerprint density at radius 3 is 2.70 bits per heavy atom. The molecule has 1 aliphatic carbocycles. The molecule has 108 valence electrons. The fourth-order valence-corrected chi connectivity index (χ4v) is 2.81. The number of alkyl halides is 3. The van der Waals surface area contributed by atoms with Gasteiger partial charge in [0.15, 0.2) is 0 Å². The molecule has 0 saturated heterocycles. The normalized spacial score (nSPS) is 22.7. The highest BCUT2D eigenvalue weighted by Gasteiger charge is 2.40. The molecule has 20 heavy (non-hydrogen) atoms. The Balaban J connectivity index is 1.92. The van der Waals surface area contributed by atoms with Crippen LogP contribution in [0.4, 0.5) is 13.2 Å². The highest BCUT2D eigenvalue weighted by Crippen LogP contribution is 2.51. The van der Waals surface area contributed by atoms with Gasteiger partial charge in [-0.15, -0.1) is 0 Å². The lowest BCUT2D eigenvalue weighted by Gasteiger charge is -2.08. The van der Waals surface area contributed by atoms with E-state index in [4.69, 9.17) is 0 Å². The summed E-state index contributed by atoms with van der Waals surface area (Å²) in [4.78, 5) is 4.24. The first-order valence-corrected chi connectivity index (χ1v) is 6.73. The number of halogens is 3. The van der Waals surface area contributed by atoms with Crippen LogP contribution in [-0.4, -0.2) is 20.9 Å². The van der Waals surface area contributed by atoms with Gasteiger partial charge in [0.1, 0.15) is 12.1 Å². The van der Waals surface area contributed by atoms with Crippen molar-refractivity contribution in [1.82, 2.24) is 14.8 Å². The summed E-state index contributed by atoms with van der Waals surface area (Å²) >= 11 is 0. The van der Waals surface area contributed by atoms with Gasteiger partial charge in [-0.05, 0) is 35.8 Å². The first-order chi connectivity index (χ1) is 9.35. The molecule has 0 spiro atoms. The van der Waals surface area contributed by atoms with Crippen LogP contribution in [0.2, 0.25) is 0 Å². The number of fused-ring (bicyclic) bond motifs is 1. The van der Waals surface area contributed by atoms with E-state index >= 15 is 0 Å². The van der Waals surface area contributed by atoms with Crippen molar-refractivity contribution in [2.45, 2.75) is 38.9 Å². The predicted octanol–water partition coefficient (Wildman–Crippen LogP) is 3.75. The molecule has 1 aliphatic rings. The number of rotatable bonds is 3. The van der Waals surface area contributed by atoms with Crippen LogP contribution in [0, 0.1) is 11.8 Å². The summed E-state index contributed by atoms with van der Waals surface area (Å²) < 4.78 is 38.5. The Morgan fingerprint density at radius 2 is 2.10 bits per heavy atom. The minimum absolute atomic E-state index is 0.432. The zero-order valence-electron chi connectivity index (χ0n) is 11.4. The molecule has 1 fully saturated rings. The van der Waals surface area contributed by atoms with E-state index in [0.29, 0.717) is 28.8 Å². The van der Waals surface area contributed by atoms with E-state index in [2.05, 4.69) is 23.9 Å². The molecule has 0 amide bonds. The van der Waals surface area contributed by atoms with E-state index in [1.54, 1.807) is 6.20 Å². The average Bonchev–Trinajstić information content (AvgIpc) is 3.06. The number of aromatic nitrogens is 3. The van der Waals surface area contributed by atoms with Crippen LogP contribution in [0.1, 0.15) is 31.7 Å². The first-order valence-electron chi connectivity index (χ1n) is 6.73. The maximum absolute atomic E-state index is 12.5. The maximum atomic E-state index is 12.5. The monoisotopic (exact) mass is 283 g/mol. The summed E-state index contributed by atoms with van der Waals surface area (Å²) in [5.74, 6) is 1.64. The number of pyridine rings is 1. The van der Waals surface area contributed by atoms with Gasteiger partial charge in [0.2, 0.25) is 0 Å². The van der Waals surface area contributed by atoms with Crippen LogP contribution in [-0.2, 0) is 6.54 Å². The summed E-state index contributed by atoms with van der Waals surface area (Å²) in [6.45, 7) is 3.27. The fourth-order valence-electron chi connectivity index (χ4n) is 2.81. The summed E-state index contributed by atoms with van der Waals surface area (Å²) in [6.07, 6.45) is -0.0140. The lowest BCUT2D eigenvalue weighted by atomic mass is 10.0. The molecular weight excluding hydrogens is 267 g/mol. The minimum Gasteiger partial charge on any atom is -0.254 e. The zero-order chi connectivity index (χ0) is 14.5. The minimum atomic E-state index is -4.27. The van der Waals surface area contributed by atoms with Crippen molar-refractivity contribution in [2.24, 2.45) is 11.8 Å². The third kappa shape index (κ3) is 2.51.